The molecule has 1 aliphatic rings. The van der Waals surface area contributed by atoms with E-state index in [1.165, 1.54) is 44.9 Å². The summed E-state index contributed by atoms with van der Waals surface area (Å²) in [7, 11) is 0. The Labute approximate surface area is 76.2 Å². The van der Waals surface area contributed by atoms with E-state index in [-0.39, 0.29) is 0 Å². The molecule has 0 spiro atoms. The number of hydrogen-bond donors (Lipinski definition) is 1. The number of rotatable bonds is 5. The third-order valence-corrected chi connectivity index (χ3v) is 3.12. The smallest absolute Gasteiger partial charge is 0.0459 e. The van der Waals surface area contributed by atoms with Crippen molar-refractivity contribution in [3.05, 3.63) is 0 Å². The van der Waals surface area contributed by atoms with Crippen molar-refractivity contribution in [3.8, 4) is 0 Å². The van der Waals surface area contributed by atoms with Gasteiger partial charge >= 0.3 is 0 Å². The molecule has 0 amide bonds. The SMILES string of the molecule is CCCCCC1CCC(CO)C1. The molecule has 0 aliphatic heterocycles. The molecule has 12 heavy (non-hydrogen) atoms. The van der Waals surface area contributed by atoms with E-state index >= 15 is 0 Å². The second-order valence-electron chi connectivity index (χ2n) is 4.22. The molecule has 0 heterocycles. The Balaban J connectivity index is 2.03. The summed E-state index contributed by atoms with van der Waals surface area (Å²) in [5.74, 6) is 1.57. The van der Waals surface area contributed by atoms with Crippen molar-refractivity contribution in [2.24, 2.45) is 11.8 Å². The molecule has 72 valence electrons. The molecule has 1 fully saturated rings. The molecule has 0 aromatic carbocycles. The monoisotopic (exact) mass is 170 g/mol. The maximum atomic E-state index is 8.96. The third-order valence-electron chi connectivity index (χ3n) is 3.12. The average Bonchev–Trinajstić information content (AvgIpc) is 2.53. The van der Waals surface area contributed by atoms with Crippen molar-refractivity contribution < 1.29 is 5.11 Å². The first kappa shape index (κ1) is 10.0. The van der Waals surface area contributed by atoms with Crippen LogP contribution in [-0.2, 0) is 0 Å². The van der Waals surface area contributed by atoms with Gasteiger partial charge in [0.1, 0.15) is 0 Å². The molecule has 0 saturated heterocycles. The highest BCUT2D eigenvalue weighted by Gasteiger charge is 2.22. The van der Waals surface area contributed by atoms with Crippen LogP contribution >= 0.6 is 0 Å². The number of aliphatic hydroxyl groups excluding tert-OH is 1. The first-order chi connectivity index (χ1) is 5.86. The molecule has 0 radical (unpaired) electrons. The van der Waals surface area contributed by atoms with Gasteiger partial charge in [0.25, 0.3) is 0 Å². The lowest BCUT2D eigenvalue weighted by Gasteiger charge is -2.08. The van der Waals surface area contributed by atoms with Crippen LogP contribution in [-0.4, -0.2) is 11.7 Å². The van der Waals surface area contributed by atoms with Gasteiger partial charge in [0.2, 0.25) is 0 Å². The summed E-state index contributed by atoms with van der Waals surface area (Å²) in [6.45, 7) is 2.68. The summed E-state index contributed by atoms with van der Waals surface area (Å²) in [6.07, 6.45) is 9.46. The Hall–Kier alpha value is -0.0400. The standard InChI is InChI=1S/C11H22O/c1-2-3-4-5-10-6-7-11(8-10)9-12/h10-12H,2-9H2,1H3. The van der Waals surface area contributed by atoms with Crippen molar-refractivity contribution in [1.82, 2.24) is 0 Å². The normalized spacial score (nSPS) is 29.5. The lowest BCUT2D eigenvalue weighted by atomic mass is 9.99. The van der Waals surface area contributed by atoms with E-state index in [9.17, 15) is 0 Å². The van der Waals surface area contributed by atoms with Crippen molar-refractivity contribution in [2.75, 3.05) is 6.61 Å². The van der Waals surface area contributed by atoms with Gasteiger partial charge in [0, 0.05) is 6.61 Å². The highest BCUT2D eigenvalue weighted by atomic mass is 16.3. The third kappa shape index (κ3) is 3.14. The molecular weight excluding hydrogens is 148 g/mol. The molecule has 0 bridgehead atoms. The summed E-state index contributed by atoms with van der Waals surface area (Å²) in [4.78, 5) is 0. The molecule has 1 nitrogen and oxygen atoms in total. The van der Waals surface area contributed by atoms with Crippen LogP contribution in [0.3, 0.4) is 0 Å². The molecule has 1 heteroatoms. The van der Waals surface area contributed by atoms with Gasteiger partial charge in [-0.3, -0.25) is 0 Å². The fourth-order valence-electron chi connectivity index (χ4n) is 2.29. The minimum atomic E-state index is 0.421. The van der Waals surface area contributed by atoms with E-state index in [0.717, 1.165) is 5.92 Å². The van der Waals surface area contributed by atoms with Gasteiger partial charge in [-0.1, -0.05) is 39.0 Å². The van der Waals surface area contributed by atoms with E-state index in [1.807, 2.05) is 0 Å². The van der Waals surface area contributed by atoms with E-state index in [0.29, 0.717) is 12.5 Å². The van der Waals surface area contributed by atoms with Gasteiger partial charge < -0.3 is 5.11 Å². The fourth-order valence-corrected chi connectivity index (χ4v) is 2.29. The van der Waals surface area contributed by atoms with Crippen LogP contribution in [0.1, 0.15) is 51.9 Å². The summed E-state index contributed by atoms with van der Waals surface area (Å²) in [6, 6.07) is 0. The van der Waals surface area contributed by atoms with E-state index in [2.05, 4.69) is 6.92 Å². The van der Waals surface area contributed by atoms with Gasteiger partial charge in [-0.05, 0) is 24.7 Å². The molecular formula is C11H22O. The molecule has 0 aromatic rings. The van der Waals surface area contributed by atoms with Crippen molar-refractivity contribution >= 4 is 0 Å². The van der Waals surface area contributed by atoms with Gasteiger partial charge in [0.05, 0.1) is 0 Å². The minimum absolute atomic E-state index is 0.421. The maximum absolute atomic E-state index is 8.96. The number of hydrogen-bond acceptors (Lipinski definition) is 1. The number of aliphatic hydroxyl groups is 1. The molecule has 0 aromatic heterocycles. The van der Waals surface area contributed by atoms with Crippen molar-refractivity contribution in [2.45, 2.75) is 51.9 Å². The van der Waals surface area contributed by atoms with Gasteiger partial charge in [0.15, 0.2) is 0 Å². The molecule has 1 saturated carbocycles. The van der Waals surface area contributed by atoms with Crippen LogP contribution in [0.25, 0.3) is 0 Å². The Morgan fingerprint density at radius 3 is 2.50 bits per heavy atom. The Bertz CT molecular complexity index is 112. The largest absolute Gasteiger partial charge is 0.396 e. The molecule has 2 atom stereocenters. The van der Waals surface area contributed by atoms with Gasteiger partial charge in [-0.15, -0.1) is 0 Å². The zero-order valence-electron chi connectivity index (χ0n) is 8.26. The molecule has 1 aliphatic carbocycles. The molecule has 2 unspecified atom stereocenters. The van der Waals surface area contributed by atoms with Crippen LogP contribution in [0.5, 0.6) is 0 Å². The summed E-state index contributed by atoms with van der Waals surface area (Å²) < 4.78 is 0. The predicted octanol–water partition coefficient (Wildman–Crippen LogP) is 2.98. The zero-order chi connectivity index (χ0) is 8.81. The maximum Gasteiger partial charge on any atom is 0.0459 e. The quantitative estimate of drug-likeness (QED) is 0.629. The molecule has 1 N–H and O–H groups in total. The topological polar surface area (TPSA) is 20.2 Å². The van der Waals surface area contributed by atoms with Crippen LogP contribution in [0, 0.1) is 11.8 Å². The fraction of sp³-hybridized carbons (Fsp3) is 1.00. The van der Waals surface area contributed by atoms with Gasteiger partial charge in [-0.25, -0.2) is 0 Å². The van der Waals surface area contributed by atoms with Crippen LogP contribution in [0.4, 0.5) is 0 Å². The average molecular weight is 170 g/mol. The van der Waals surface area contributed by atoms with Crippen LogP contribution in [0.15, 0.2) is 0 Å². The Morgan fingerprint density at radius 1 is 1.17 bits per heavy atom. The Morgan fingerprint density at radius 2 is 1.92 bits per heavy atom. The first-order valence-corrected chi connectivity index (χ1v) is 5.47. The van der Waals surface area contributed by atoms with E-state index < -0.39 is 0 Å². The van der Waals surface area contributed by atoms with Crippen molar-refractivity contribution in [3.63, 3.8) is 0 Å². The summed E-state index contributed by atoms with van der Waals surface area (Å²) in [5.41, 5.74) is 0. The molecule has 1 rings (SSSR count). The van der Waals surface area contributed by atoms with Crippen molar-refractivity contribution in [1.29, 1.82) is 0 Å². The number of unbranched alkanes of at least 4 members (excludes halogenated alkanes) is 2. The van der Waals surface area contributed by atoms with Gasteiger partial charge in [-0.2, -0.15) is 0 Å². The van der Waals surface area contributed by atoms with Crippen LogP contribution < -0.4 is 0 Å². The summed E-state index contributed by atoms with van der Waals surface area (Å²) >= 11 is 0. The second-order valence-corrected chi connectivity index (χ2v) is 4.22. The lowest BCUT2D eigenvalue weighted by molar-refractivity contribution is 0.225. The highest BCUT2D eigenvalue weighted by molar-refractivity contribution is 4.74. The lowest BCUT2D eigenvalue weighted by Crippen LogP contribution is -2.01. The predicted molar refractivity (Wildman–Crippen MR) is 52.1 cm³/mol. The zero-order valence-corrected chi connectivity index (χ0v) is 8.26. The van der Waals surface area contributed by atoms with E-state index in [1.54, 1.807) is 0 Å². The summed E-state index contributed by atoms with van der Waals surface area (Å²) in [5, 5.41) is 8.96. The van der Waals surface area contributed by atoms with E-state index in [4.69, 9.17) is 5.11 Å². The minimum Gasteiger partial charge on any atom is -0.396 e. The Kier molecular flexibility index (Phi) is 4.67. The first-order valence-electron chi connectivity index (χ1n) is 5.47. The highest BCUT2D eigenvalue weighted by Crippen LogP contribution is 2.33. The second kappa shape index (κ2) is 5.58. The van der Waals surface area contributed by atoms with Crippen LogP contribution in [0.2, 0.25) is 0 Å².